The third-order valence-electron chi connectivity index (χ3n) is 14.8. The van der Waals surface area contributed by atoms with Gasteiger partial charge in [-0.15, -0.1) is 0 Å². The number of amides is 8. The number of hydrogen-bond donors (Lipinski definition) is 10. The molecule has 19 nitrogen and oxygen atoms in total. The van der Waals surface area contributed by atoms with Crippen LogP contribution < -0.4 is 42.5 Å². The fourth-order valence-corrected chi connectivity index (χ4v) is 10.7. The van der Waals surface area contributed by atoms with Crippen LogP contribution >= 0.6 is 25.3 Å². The molecule has 2 aliphatic rings. The van der Waals surface area contributed by atoms with E-state index in [1.807, 2.05) is 6.92 Å². The van der Waals surface area contributed by atoms with Gasteiger partial charge in [-0.25, -0.2) is 0 Å². The molecule has 8 amide bonds. The highest BCUT2D eigenvalue weighted by Gasteiger charge is 2.49. The highest BCUT2D eigenvalue weighted by molar-refractivity contribution is 7.82. The molecule has 2 fully saturated rings. The molecule has 0 spiro atoms. The van der Waals surface area contributed by atoms with E-state index in [1.165, 1.54) is 56.9 Å². The Balaban J connectivity index is 1.18. The van der Waals surface area contributed by atoms with Crippen LogP contribution in [0.1, 0.15) is 106 Å². The van der Waals surface area contributed by atoms with E-state index in [1.54, 1.807) is 60.8 Å². The zero-order valence-corrected chi connectivity index (χ0v) is 50.0. The number of aromatic nitrogens is 1. The molecule has 3 heterocycles. The number of nitrogens with zero attached hydrogens (tertiary/aromatic N) is 2. The van der Waals surface area contributed by atoms with E-state index in [-0.39, 0.29) is 49.6 Å². The van der Waals surface area contributed by atoms with Crippen molar-refractivity contribution in [3.05, 3.63) is 137 Å². The standard InChI is InChI=1S/C60H70F6N10O9S2/c1-6-7-17-42-55(83)75-24-13-19-45(75)52(80)74-48(57(2,3)86)56(84)76(49(58(4,5)87)54(82)70-32-46(77)71-43(51(79)72-42)27-33-14-9-8-10-15-33)85-39-22-20-35(21-23-39)47(67)53(81)73-44(28-36-31-68-41-18-12-11-16-40(36)41)50(78)69-30-34-25-37(59(61,62)63)29-38(26-34)60(64,65)66/h8-12,14-16,18,20-23,25-26,29,31,42-45,47-49,68,86-87H,6-7,13,17,19,24,27-28,30,32,67H2,1-5H3,(H,69,78)(H,70,82)(H,71,77)(H,72,79)(H,73,81)(H,74,80)/t42-,43-,44-,45-,47-,48-,49-/m0/s1. The minimum absolute atomic E-state index is 0.00797. The number of hydroxylamine groups is 2. The normalized spacial score (nSPS) is 20.5. The van der Waals surface area contributed by atoms with Crippen LogP contribution in [0.4, 0.5) is 26.3 Å². The van der Waals surface area contributed by atoms with Crippen molar-refractivity contribution in [2.45, 2.75) is 150 Å². The van der Waals surface area contributed by atoms with Gasteiger partial charge < -0.3 is 52.4 Å². The lowest BCUT2D eigenvalue weighted by Gasteiger charge is -2.41. The van der Waals surface area contributed by atoms with Gasteiger partial charge in [-0.3, -0.25) is 38.4 Å². The van der Waals surface area contributed by atoms with Crippen molar-refractivity contribution in [2.75, 3.05) is 13.1 Å². The SMILES string of the molecule is CCCC[C@@H]1NC(=O)[C@H](Cc2ccccc2)NC(=O)CNC(=O)[C@@H](C(C)(C)S)N(Oc2ccc([C@H](N)C(=O)N[C@@H](Cc3c[nH]c4ccccc34)C(=O)NCc3cc(C(F)(F)F)cc(C(F)(F)F)c3)cc2)C(=O)[C@@H](C(C)(C)S)NC(=O)[C@@H]2CCCN2C1=O. The van der Waals surface area contributed by atoms with E-state index in [0.29, 0.717) is 58.5 Å². The van der Waals surface area contributed by atoms with Crippen molar-refractivity contribution < 1.29 is 69.5 Å². The maximum absolute atomic E-state index is 15.3. The Morgan fingerprint density at radius 1 is 0.747 bits per heavy atom. The van der Waals surface area contributed by atoms with Gasteiger partial charge in [0.15, 0.2) is 11.8 Å². The Kier molecular flexibility index (Phi) is 21.4. The van der Waals surface area contributed by atoms with Gasteiger partial charge >= 0.3 is 12.4 Å². The molecule has 0 saturated carbocycles. The van der Waals surface area contributed by atoms with Gasteiger partial charge in [0.1, 0.15) is 36.3 Å². The maximum atomic E-state index is 15.3. The number of para-hydroxylation sites is 1. The molecule has 468 valence electrons. The van der Waals surface area contributed by atoms with Gasteiger partial charge in [0.25, 0.3) is 5.91 Å². The van der Waals surface area contributed by atoms with Crippen LogP contribution in [0.25, 0.3) is 10.9 Å². The molecule has 2 saturated heterocycles. The molecule has 7 atom stereocenters. The fourth-order valence-electron chi connectivity index (χ4n) is 10.3. The van der Waals surface area contributed by atoms with Crippen LogP contribution in [0.15, 0.2) is 103 Å². The second kappa shape index (κ2) is 27.9. The number of unbranched alkanes of at least 4 members (excludes halogenated alkanes) is 1. The second-order valence-electron chi connectivity index (χ2n) is 22.6. The molecule has 0 radical (unpaired) electrons. The minimum Gasteiger partial charge on any atom is -0.376 e. The predicted molar refractivity (Wildman–Crippen MR) is 316 cm³/mol. The Hall–Kier alpha value is -7.78. The number of carbonyl (C=O) groups excluding carboxylic acids is 8. The number of halogens is 6. The number of H-pyrrole nitrogens is 1. The van der Waals surface area contributed by atoms with E-state index >= 15 is 4.79 Å². The number of aromatic amines is 1. The van der Waals surface area contributed by atoms with Crippen molar-refractivity contribution in [3.8, 4) is 5.75 Å². The van der Waals surface area contributed by atoms with Crippen LogP contribution in [0.2, 0.25) is 0 Å². The Morgan fingerprint density at radius 3 is 2.01 bits per heavy atom. The molecular formula is C60H70F6N10O9S2. The van der Waals surface area contributed by atoms with E-state index in [9.17, 15) is 59.9 Å². The molecule has 1 aromatic heterocycles. The molecule has 87 heavy (non-hydrogen) atoms. The molecule has 0 aliphatic carbocycles. The van der Waals surface area contributed by atoms with Crippen LogP contribution in [0.5, 0.6) is 5.75 Å². The molecule has 2 aliphatic heterocycles. The molecule has 9 N–H and O–H groups in total. The Labute approximate surface area is 509 Å². The van der Waals surface area contributed by atoms with Crippen LogP contribution in [0.3, 0.4) is 0 Å². The number of nitrogens with two attached hydrogens (primary N) is 1. The lowest BCUT2D eigenvalue weighted by atomic mass is 9.97. The topological polar surface area (TPSA) is 266 Å². The number of rotatable bonds is 17. The highest BCUT2D eigenvalue weighted by Crippen LogP contribution is 2.37. The summed E-state index contributed by atoms with van der Waals surface area (Å²) >= 11 is 9.45. The van der Waals surface area contributed by atoms with Crippen molar-refractivity contribution in [1.82, 2.24) is 46.8 Å². The fraction of sp³-hybridized carbons (Fsp3) is 0.433. The van der Waals surface area contributed by atoms with Crippen LogP contribution in [-0.4, -0.2) is 121 Å². The summed E-state index contributed by atoms with van der Waals surface area (Å²) in [5, 5.41) is 17.0. The third-order valence-corrected chi connectivity index (χ3v) is 15.3. The molecule has 0 unspecified atom stereocenters. The first-order valence-corrected chi connectivity index (χ1v) is 29.0. The predicted octanol–water partition coefficient (Wildman–Crippen LogP) is 6.17. The zero-order valence-electron chi connectivity index (χ0n) is 48.2. The minimum atomic E-state index is -5.15. The monoisotopic (exact) mass is 1250 g/mol. The first-order valence-electron chi connectivity index (χ1n) is 28.1. The van der Waals surface area contributed by atoms with E-state index in [0.717, 1.165) is 0 Å². The lowest BCUT2D eigenvalue weighted by Crippen LogP contribution is -2.66. The molecule has 27 heteroatoms. The van der Waals surface area contributed by atoms with E-state index < -0.39 is 141 Å². The number of carbonyl (C=O) groups is 8. The first kappa shape index (κ1) is 66.7. The smallest absolute Gasteiger partial charge is 0.376 e. The highest BCUT2D eigenvalue weighted by atomic mass is 32.1. The van der Waals surface area contributed by atoms with Gasteiger partial charge in [-0.2, -0.15) is 56.7 Å². The number of benzene rings is 4. The summed E-state index contributed by atoms with van der Waals surface area (Å²) < 4.78 is 79.4. The van der Waals surface area contributed by atoms with Gasteiger partial charge in [0.05, 0.1) is 17.7 Å². The molecule has 5 aromatic rings. The maximum Gasteiger partial charge on any atom is 0.416 e. The summed E-state index contributed by atoms with van der Waals surface area (Å²) in [5.41, 5.74) is 4.72. The number of hydrogen-bond acceptors (Lipinski definition) is 12. The molecule has 0 bridgehead atoms. The number of alkyl halides is 6. The average molecular weight is 1250 g/mol. The first-order chi connectivity index (χ1) is 40.8. The van der Waals surface area contributed by atoms with Crippen molar-refractivity contribution in [3.63, 3.8) is 0 Å². The quantitative estimate of drug-likeness (QED) is 0.0374. The Morgan fingerprint density at radius 2 is 1.39 bits per heavy atom. The van der Waals surface area contributed by atoms with Gasteiger partial charge in [0, 0.05) is 52.5 Å². The van der Waals surface area contributed by atoms with Crippen LogP contribution in [0, 0.1) is 0 Å². The molecule has 4 aromatic carbocycles. The van der Waals surface area contributed by atoms with Crippen molar-refractivity contribution in [1.29, 1.82) is 0 Å². The van der Waals surface area contributed by atoms with E-state index in [4.69, 9.17) is 35.8 Å². The summed E-state index contributed by atoms with van der Waals surface area (Å²) in [6.07, 6.45) is -7.01. The largest absolute Gasteiger partial charge is 0.416 e. The summed E-state index contributed by atoms with van der Waals surface area (Å²) in [5.74, 6) is -6.87. The number of fused-ring (bicyclic) bond motifs is 2. The molecule has 7 rings (SSSR count). The summed E-state index contributed by atoms with van der Waals surface area (Å²) in [7, 11) is 0. The van der Waals surface area contributed by atoms with Crippen molar-refractivity contribution in [2.24, 2.45) is 5.73 Å². The van der Waals surface area contributed by atoms with Gasteiger partial charge in [0.2, 0.25) is 41.4 Å². The summed E-state index contributed by atoms with van der Waals surface area (Å²) in [6, 6.07) is 11.9. The Bertz CT molecular complexity index is 3290. The van der Waals surface area contributed by atoms with Gasteiger partial charge in [-0.05, 0) is 106 Å². The van der Waals surface area contributed by atoms with Gasteiger partial charge in [-0.1, -0.05) is 80.4 Å². The molecular weight excluding hydrogens is 1180 g/mol. The second-order valence-corrected chi connectivity index (χ2v) is 24.9. The summed E-state index contributed by atoms with van der Waals surface area (Å²) in [6.45, 7) is 6.52. The number of nitrogens with one attached hydrogen (secondary N) is 7. The summed E-state index contributed by atoms with van der Waals surface area (Å²) in [4.78, 5) is 126. The third kappa shape index (κ3) is 17.3. The van der Waals surface area contributed by atoms with Crippen molar-refractivity contribution >= 4 is 83.4 Å². The van der Waals surface area contributed by atoms with Crippen LogP contribution in [-0.2, 0) is 70.1 Å². The van der Waals surface area contributed by atoms with E-state index in [2.05, 4.69) is 36.9 Å². The zero-order chi connectivity index (χ0) is 63.8. The lowest BCUT2D eigenvalue weighted by molar-refractivity contribution is -0.176. The number of thiol groups is 2. The average Bonchev–Trinajstić information content (AvgIpc) is 1.77.